The average Bonchev–Trinajstić information content (AvgIpc) is 2.74. The Morgan fingerprint density at radius 3 is 2.89 bits per heavy atom. The molecule has 0 radical (unpaired) electrons. The number of benzene rings is 1. The first-order valence-corrected chi connectivity index (χ1v) is 5.56. The number of hydrogen-bond donors (Lipinski definition) is 2. The summed E-state index contributed by atoms with van der Waals surface area (Å²) in [5, 5.41) is 8.98. The molecule has 0 atom stereocenters. The molecule has 2 heterocycles. The van der Waals surface area contributed by atoms with E-state index in [1.807, 2.05) is 0 Å². The molecule has 0 saturated carbocycles. The Hall–Kier alpha value is -2.89. The van der Waals surface area contributed by atoms with Gasteiger partial charge in [0.05, 0.1) is 16.8 Å². The second-order valence-corrected chi connectivity index (χ2v) is 4.00. The quantitative estimate of drug-likeness (QED) is 0.724. The minimum Gasteiger partial charge on any atom is -0.478 e. The van der Waals surface area contributed by atoms with Gasteiger partial charge in [0.2, 0.25) is 0 Å². The standard InChI is InChI=1S/C13H9N3O3/c17-12(18)8-3-1-4-9(7-8)16-11-10(15-13(16)19)5-2-6-14-11/h1-7H,(H,15,19)(H,17,18). The summed E-state index contributed by atoms with van der Waals surface area (Å²) in [6, 6.07) is 9.62. The minimum absolute atomic E-state index is 0.120. The second-order valence-electron chi connectivity index (χ2n) is 4.00. The number of pyridine rings is 1. The fourth-order valence-corrected chi connectivity index (χ4v) is 1.96. The van der Waals surface area contributed by atoms with E-state index < -0.39 is 5.97 Å². The van der Waals surface area contributed by atoms with E-state index in [0.29, 0.717) is 16.9 Å². The van der Waals surface area contributed by atoms with E-state index in [9.17, 15) is 9.59 Å². The van der Waals surface area contributed by atoms with Crippen LogP contribution in [0.15, 0.2) is 47.4 Å². The number of carbonyl (C=O) groups is 1. The van der Waals surface area contributed by atoms with Gasteiger partial charge in [-0.15, -0.1) is 0 Å². The first-order chi connectivity index (χ1) is 9.16. The number of H-pyrrole nitrogens is 1. The monoisotopic (exact) mass is 255 g/mol. The number of imidazole rings is 1. The molecular weight excluding hydrogens is 246 g/mol. The molecule has 0 bridgehead atoms. The van der Waals surface area contributed by atoms with Crippen molar-refractivity contribution >= 4 is 17.1 Å². The molecule has 3 rings (SSSR count). The van der Waals surface area contributed by atoms with Crippen molar-refractivity contribution in [1.29, 1.82) is 0 Å². The van der Waals surface area contributed by atoms with Gasteiger partial charge in [-0.05, 0) is 30.3 Å². The highest BCUT2D eigenvalue weighted by Gasteiger charge is 2.11. The number of aromatic amines is 1. The summed E-state index contributed by atoms with van der Waals surface area (Å²) in [7, 11) is 0. The third-order valence-corrected chi connectivity index (χ3v) is 2.79. The number of fused-ring (bicyclic) bond motifs is 1. The minimum atomic E-state index is -1.04. The van der Waals surface area contributed by atoms with Gasteiger partial charge in [0, 0.05) is 6.20 Å². The number of rotatable bonds is 2. The van der Waals surface area contributed by atoms with E-state index in [0.717, 1.165) is 0 Å². The van der Waals surface area contributed by atoms with E-state index in [2.05, 4.69) is 9.97 Å². The zero-order valence-corrected chi connectivity index (χ0v) is 9.70. The summed E-state index contributed by atoms with van der Waals surface area (Å²) < 4.78 is 1.35. The summed E-state index contributed by atoms with van der Waals surface area (Å²) in [4.78, 5) is 29.7. The number of aromatic carboxylic acids is 1. The number of nitrogens with one attached hydrogen (secondary N) is 1. The molecule has 0 aliphatic carbocycles. The highest BCUT2D eigenvalue weighted by molar-refractivity contribution is 5.88. The molecule has 1 aromatic carbocycles. The fraction of sp³-hybridized carbons (Fsp3) is 0. The lowest BCUT2D eigenvalue weighted by molar-refractivity contribution is 0.0697. The van der Waals surface area contributed by atoms with E-state index in [1.54, 1.807) is 30.5 Å². The van der Waals surface area contributed by atoms with Gasteiger partial charge in [-0.1, -0.05) is 6.07 Å². The molecule has 6 nitrogen and oxygen atoms in total. The van der Waals surface area contributed by atoms with Crippen molar-refractivity contribution in [2.45, 2.75) is 0 Å². The van der Waals surface area contributed by atoms with Crippen LogP contribution >= 0.6 is 0 Å². The van der Waals surface area contributed by atoms with Gasteiger partial charge in [0.15, 0.2) is 5.65 Å². The van der Waals surface area contributed by atoms with Gasteiger partial charge in [-0.25, -0.2) is 19.1 Å². The number of carboxylic acids is 1. The van der Waals surface area contributed by atoms with Gasteiger partial charge in [0.1, 0.15) is 0 Å². The second kappa shape index (κ2) is 4.09. The predicted molar refractivity (Wildman–Crippen MR) is 68.7 cm³/mol. The van der Waals surface area contributed by atoms with Crippen LogP contribution in [-0.4, -0.2) is 25.6 Å². The molecule has 0 unspecified atom stereocenters. The molecule has 0 amide bonds. The maximum atomic E-state index is 11.9. The Balaban J connectivity index is 2.30. The maximum absolute atomic E-state index is 11.9. The molecule has 6 heteroatoms. The highest BCUT2D eigenvalue weighted by Crippen LogP contribution is 2.14. The molecular formula is C13H9N3O3. The molecule has 0 fully saturated rings. The molecule has 2 N–H and O–H groups in total. The van der Waals surface area contributed by atoms with Gasteiger partial charge >= 0.3 is 11.7 Å². The zero-order chi connectivity index (χ0) is 13.4. The van der Waals surface area contributed by atoms with E-state index in [1.165, 1.54) is 16.7 Å². The lowest BCUT2D eigenvalue weighted by Crippen LogP contribution is -2.15. The molecule has 94 valence electrons. The first kappa shape index (κ1) is 11.2. The summed E-state index contributed by atoms with van der Waals surface area (Å²) in [6.07, 6.45) is 1.58. The largest absolute Gasteiger partial charge is 0.478 e. The molecule has 0 aliphatic heterocycles. The smallest absolute Gasteiger partial charge is 0.335 e. The van der Waals surface area contributed by atoms with Crippen LogP contribution in [0.5, 0.6) is 0 Å². The molecule has 0 aliphatic rings. The van der Waals surface area contributed by atoms with E-state index >= 15 is 0 Å². The average molecular weight is 255 g/mol. The lowest BCUT2D eigenvalue weighted by atomic mass is 10.2. The van der Waals surface area contributed by atoms with Crippen LogP contribution in [0.4, 0.5) is 0 Å². The number of aromatic nitrogens is 3. The fourth-order valence-electron chi connectivity index (χ4n) is 1.96. The van der Waals surface area contributed by atoms with Gasteiger partial charge in [-0.3, -0.25) is 0 Å². The lowest BCUT2D eigenvalue weighted by Gasteiger charge is -2.03. The summed E-state index contributed by atoms with van der Waals surface area (Å²) in [6.45, 7) is 0. The van der Waals surface area contributed by atoms with E-state index in [4.69, 9.17) is 5.11 Å². The van der Waals surface area contributed by atoms with Crippen LogP contribution in [0.1, 0.15) is 10.4 Å². The number of nitrogens with zero attached hydrogens (tertiary/aromatic N) is 2. The van der Waals surface area contributed by atoms with Crippen LogP contribution in [0.25, 0.3) is 16.9 Å². The van der Waals surface area contributed by atoms with Crippen molar-refractivity contribution in [3.8, 4) is 5.69 Å². The van der Waals surface area contributed by atoms with E-state index in [-0.39, 0.29) is 11.3 Å². The third-order valence-electron chi connectivity index (χ3n) is 2.79. The molecule has 2 aromatic heterocycles. The number of hydrogen-bond acceptors (Lipinski definition) is 3. The zero-order valence-electron chi connectivity index (χ0n) is 9.70. The topological polar surface area (TPSA) is 88.0 Å². The highest BCUT2D eigenvalue weighted by atomic mass is 16.4. The molecule has 3 aromatic rings. The summed E-state index contributed by atoms with van der Waals surface area (Å²) in [5.74, 6) is -1.04. The van der Waals surface area contributed by atoms with Crippen LogP contribution in [0.2, 0.25) is 0 Å². The Kier molecular flexibility index (Phi) is 2.42. The Morgan fingerprint density at radius 2 is 2.11 bits per heavy atom. The van der Waals surface area contributed by atoms with Crippen molar-refractivity contribution in [3.63, 3.8) is 0 Å². The first-order valence-electron chi connectivity index (χ1n) is 5.56. The van der Waals surface area contributed by atoms with Gasteiger partial charge < -0.3 is 10.1 Å². The van der Waals surface area contributed by atoms with Crippen LogP contribution in [0.3, 0.4) is 0 Å². The van der Waals surface area contributed by atoms with Crippen molar-refractivity contribution in [1.82, 2.24) is 14.5 Å². The van der Waals surface area contributed by atoms with Crippen molar-refractivity contribution < 1.29 is 9.90 Å². The number of carboxylic acid groups (broad SMARTS) is 1. The Labute approximate surface area is 107 Å². The molecule has 0 spiro atoms. The molecule has 19 heavy (non-hydrogen) atoms. The third kappa shape index (κ3) is 1.79. The van der Waals surface area contributed by atoms with Crippen LogP contribution in [-0.2, 0) is 0 Å². The Bertz CT molecular complexity index is 832. The molecule has 0 saturated heterocycles. The SMILES string of the molecule is O=C(O)c1cccc(-n2c(=O)[nH]c3cccnc32)c1. The predicted octanol–water partition coefficient (Wildman–Crippen LogP) is 1.41. The van der Waals surface area contributed by atoms with Gasteiger partial charge in [0.25, 0.3) is 0 Å². The maximum Gasteiger partial charge on any atom is 0.335 e. The normalized spacial score (nSPS) is 10.7. The van der Waals surface area contributed by atoms with Crippen molar-refractivity contribution in [2.75, 3.05) is 0 Å². The van der Waals surface area contributed by atoms with Gasteiger partial charge in [-0.2, -0.15) is 0 Å². The van der Waals surface area contributed by atoms with Crippen molar-refractivity contribution in [3.05, 3.63) is 58.6 Å². The summed E-state index contributed by atoms with van der Waals surface area (Å²) >= 11 is 0. The Morgan fingerprint density at radius 1 is 1.26 bits per heavy atom. The van der Waals surface area contributed by atoms with Crippen molar-refractivity contribution in [2.24, 2.45) is 0 Å². The summed E-state index contributed by atoms with van der Waals surface area (Å²) in [5.41, 5.74) is 1.31. The van der Waals surface area contributed by atoms with Crippen LogP contribution < -0.4 is 5.69 Å². The van der Waals surface area contributed by atoms with Crippen LogP contribution in [0, 0.1) is 0 Å².